The molecule has 11 heteroatoms. The monoisotopic (exact) mass is 483 g/mol. The van der Waals surface area contributed by atoms with Crippen LogP contribution in [-0.4, -0.2) is 37.3 Å². The minimum atomic E-state index is -4.63. The number of hydrogen-bond donors (Lipinski definition) is 2. The molecule has 0 radical (unpaired) electrons. The smallest absolute Gasteiger partial charge is 0.421 e. The highest BCUT2D eigenvalue weighted by Gasteiger charge is 2.62. The fraction of sp³-hybridized carbons (Fsp3) is 0.391. The first-order valence-corrected chi connectivity index (χ1v) is 10.7. The van der Waals surface area contributed by atoms with Crippen molar-refractivity contribution in [1.29, 1.82) is 0 Å². The molecule has 2 aromatic carbocycles. The van der Waals surface area contributed by atoms with Gasteiger partial charge in [-0.15, -0.1) is 0 Å². The lowest BCUT2D eigenvalue weighted by Crippen LogP contribution is -2.53. The number of alkyl halides is 5. The standard InChI is InChI=1S/C23H22F5N3O3/c24-19(25)14-7-9-15(10-8-14)30-21(32)31-17-5-3-12-29-20(17)34-18-6-2-1-4-16(18)22(11-13-33-22)23(26,27)28/h1-2,4,6-10,17,19H,3,5,11-13H2,(H2,30,31,32). The molecular formula is C23H22F5N3O3. The molecule has 1 saturated heterocycles. The molecule has 4 rings (SSSR count). The van der Waals surface area contributed by atoms with Gasteiger partial charge in [-0.1, -0.05) is 30.3 Å². The normalized spacial score (nSPS) is 22.5. The van der Waals surface area contributed by atoms with E-state index in [1.807, 2.05) is 0 Å². The molecule has 34 heavy (non-hydrogen) atoms. The van der Waals surface area contributed by atoms with Gasteiger partial charge < -0.3 is 20.1 Å². The second-order valence-corrected chi connectivity index (χ2v) is 7.96. The van der Waals surface area contributed by atoms with Gasteiger partial charge in [0.1, 0.15) is 11.8 Å². The Hall–Kier alpha value is -3.21. The van der Waals surface area contributed by atoms with Gasteiger partial charge in [0, 0.05) is 29.8 Å². The van der Waals surface area contributed by atoms with Crippen molar-refractivity contribution in [3.05, 3.63) is 59.7 Å². The number of nitrogens with zero attached hydrogens (tertiary/aromatic N) is 1. The number of carbonyl (C=O) groups excluding carboxylic acids is 1. The molecule has 0 aliphatic carbocycles. The Kier molecular flexibility index (Phi) is 6.74. The molecule has 0 bridgehead atoms. The van der Waals surface area contributed by atoms with E-state index in [4.69, 9.17) is 9.47 Å². The van der Waals surface area contributed by atoms with Crippen molar-refractivity contribution < 1.29 is 36.2 Å². The molecule has 0 spiro atoms. The van der Waals surface area contributed by atoms with E-state index in [1.165, 1.54) is 42.5 Å². The quantitative estimate of drug-likeness (QED) is 0.547. The summed E-state index contributed by atoms with van der Waals surface area (Å²) in [4.78, 5) is 16.7. The van der Waals surface area contributed by atoms with Crippen molar-refractivity contribution in [2.75, 3.05) is 18.5 Å². The van der Waals surface area contributed by atoms with Gasteiger partial charge in [0.25, 0.3) is 6.43 Å². The van der Waals surface area contributed by atoms with Crippen LogP contribution in [0.25, 0.3) is 0 Å². The van der Waals surface area contributed by atoms with Crippen molar-refractivity contribution in [3.8, 4) is 5.75 Å². The van der Waals surface area contributed by atoms with E-state index in [1.54, 1.807) is 6.07 Å². The molecule has 2 N–H and O–H groups in total. The second-order valence-electron chi connectivity index (χ2n) is 7.96. The third kappa shape index (κ3) is 4.84. The minimum absolute atomic E-state index is 0.0164. The van der Waals surface area contributed by atoms with Crippen LogP contribution in [0.4, 0.5) is 32.4 Å². The van der Waals surface area contributed by atoms with E-state index in [0.717, 1.165) is 0 Å². The number of rotatable bonds is 5. The van der Waals surface area contributed by atoms with Gasteiger partial charge in [0.05, 0.1) is 6.61 Å². The van der Waals surface area contributed by atoms with Crippen LogP contribution >= 0.6 is 0 Å². The summed E-state index contributed by atoms with van der Waals surface area (Å²) < 4.78 is 77.6. The van der Waals surface area contributed by atoms with Gasteiger partial charge >= 0.3 is 12.2 Å². The Labute approximate surface area is 192 Å². The average molecular weight is 483 g/mol. The molecule has 182 valence electrons. The molecule has 0 saturated carbocycles. The zero-order valence-corrected chi connectivity index (χ0v) is 17.9. The number of carbonyl (C=O) groups is 1. The number of halogens is 5. The van der Waals surface area contributed by atoms with Crippen LogP contribution in [0.15, 0.2) is 53.5 Å². The molecule has 2 amide bonds. The van der Waals surface area contributed by atoms with Crippen LogP contribution in [0, 0.1) is 0 Å². The van der Waals surface area contributed by atoms with Crippen LogP contribution in [0.5, 0.6) is 5.75 Å². The lowest BCUT2D eigenvalue weighted by molar-refractivity contribution is -0.333. The summed E-state index contributed by atoms with van der Waals surface area (Å²) in [6.07, 6.45) is -6.38. The molecule has 0 aromatic heterocycles. The van der Waals surface area contributed by atoms with Crippen molar-refractivity contribution in [3.63, 3.8) is 0 Å². The average Bonchev–Trinajstić information content (AvgIpc) is 2.75. The van der Waals surface area contributed by atoms with Crippen molar-refractivity contribution in [2.45, 2.75) is 43.5 Å². The van der Waals surface area contributed by atoms with Crippen LogP contribution in [0.2, 0.25) is 0 Å². The maximum Gasteiger partial charge on any atom is 0.421 e. The number of ether oxygens (including phenoxy) is 2. The highest BCUT2D eigenvalue weighted by Crippen LogP contribution is 2.52. The van der Waals surface area contributed by atoms with Crippen molar-refractivity contribution >= 4 is 17.6 Å². The molecule has 6 nitrogen and oxygen atoms in total. The van der Waals surface area contributed by atoms with Gasteiger partial charge in [0.2, 0.25) is 5.90 Å². The largest absolute Gasteiger partial charge is 0.441 e. The molecule has 2 aromatic rings. The Balaban J connectivity index is 1.48. The zero-order valence-electron chi connectivity index (χ0n) is 17.9. The van der Waals surface area contributed by atoms with Gasteiger partial charge in [-0.2, -0.15) is 13.2 Å². The van der Waals surface area contributed by atoms with Crippen LogP contribution in [0.3, 0.4) is 0 Å². The van der Waals surface area contributed by atoms with Crippen LogP contribution in [-0.2, 0) is 10.3 Å². The third-order valence-electron chi connectivity index (χ3n) is 5.74. The Morgan fingerprint density at radius 3 is 2.47 bits per heavy atom. The zero-order chi connectivity index (χ0) is 24.3. The number of urea groups is 1. The van der Waals surface area contributed by atoms with Gasteiger partial charge in [-0.05, 0) is 31.0 Å². The number of anilines is 1. The number of para-hydroxylation sites is 1. The minimum Gasteiger partial charge on any atom is -0.441 e. The summed E-state index contributed by atoms with van der Waals surface area (Å²) in [7, 11) is 0. The highest BCUT2D eigenvalue weighted by molar-refractivity contribution is 5.94. The van der Waals surface area contributed by atoms with E-state index < -0.39 is 30.3 Å². The highest BCUT2D eigenvalue weighted by atomic mass is 19.4. The van der Waals surface area contributed by atoms with Gasteiger partial charge in [0.15, 0.2) is 5.60 Å². The number of nitrogens with one attached hydrogen (secondary N) is 2. The SMILES string of the molecule is O=C(Nc1ccc(C(F)F)cc1)NC1CCCN=C1Oc1ccccc1C1(C(F)(F)F)CCO1. The summed E-state index contributed by atoms with van der Waals surface area (Å²) in [5, 5.41) is 5.22. The molecular weight excluding hydrogens is 461 g/mol. The first-order chi connectivity index (χ1) is 16.2. The molecule has 2 aliphatic rings. The predicted molar refractivity (Wildman–Crippen MR) is 114 cm³/mol. The second kappa shape index (κ2) is 9.57. The maximum absolute atomic E-state index is 13.8. The van der Waals surface area contributed by atoms with Crippen molar-refractivity contribution in [1.82, 2.24) is 5.32 Å². The summed E-state index contributed by atoms with van der Waals surface area (Å²) in [5.74, 6) is 0.0357. The summed E-state index contributed by atoms with van der Waals surface area (Å²) in [6.45, 7) is 0.380. The first kappa shape index (κ1) is 23.9. The number of hydrogen-bond acceptors (Lipinski definition) is 4. The lowest BCUT2D eigenvalue weighted by atomic mass is 9.85. The topological polar surface area (TPSA) is 72.0 Å². The fourth-order valence-corrected chi connectivity index (χ4v) is 3.89. The van der Waals surface area contributed by atoms with Gasteiger partial charge in [-0.25, -0.2) is 13.6 Å². The van der Waals surface area contributed by atoms with E-state index in [-0.39, 0.29) is 35.8 Å². The Morgan fingerprint density at radius 1 is 1.15 bits per heavy atom. The van der Waals surface area contributed by atoms with E-state index in [0.29, 0.717) is 25.1 Å². The summed E-state index contributed by atoms with van der Waals surface area (Å²) in [6, 6.07) is 9.51. The van der Waals surface area contributed by atoms with Crippen LogP contribution in [0.1, 0.15) is 36.8 Å². The predicted octanol–water partition coefficient (Wildman–Crippen LogP) is 5.56. The Bertz CT molecular complexity index is 1050. The van der Waals surface area contributed by atoms with E-state index in [2.05, 4.69) is 15.6 Å². The third-order valence-corrected chi connectivity index (χ3v) is 5.74. The van der Waals surface area contributed by atoms with E-state index >= 15 is 0 Å². The fourth-order valence-electron chi connectivity index (χ4n) is 3.89. The van der Waals surface area contributed by atoms with Crippen molar-refractivity contribution in [2.24, 2.45) is 4.99 Å². The first-order valence-electron chi connectivity index (χ1n) is 10.7. The summed E-state index contributed by atoms with van der Waals surface area (Å²) >= 11 is 0. The molecule has 1 fully saturated rings. The Morgan fingerprint density at radius 2 is 1.85 bits per heavy atom. The van der Waals surface area contributed by atoms with E-state index in [9.17, 15) is 26.7 Å². The number of aliphatic imine (C=N–C) groups is 1. The summed E-state index contributed by atoms with van der Waals surface area (Å²) in [5.41, 5.74) is -2.46. The molecule has 2 aliphatic heterocycles. The number of amides is 2. The molecule has 2 atom stereocenters. The lowest BCUT2D eigenvalue weighted by Gasteiger charge is -2.43. The maximum atomic E-state index is 13.8. The molecule has 2 unspecified atom stereocenters. The molecule has 2 heterocycles. The number of benzene rings is 2. The van der Waals surface area contributed by atoms with Crippen LogP contribution < -0.4 is 15.4 Å². The van der Waals surface area contributed by atoms with Gasteiger partial charge in [-0.3, -0.25) is 4.99 Å².